The number of aromatic nitrogens is 1. The maximum absolute atomic E-state index is 6.53. The number of fused-ring (bicyclic) bond motifs is 7. The largest absolute Gasteiger partial charge is 0.456 e. The first-order valence-corrected chi connectivity index (χ1v) is 14.3. The first kappa shape index (κ1) is 23.1. The lowest BCUT2D eigenvalue weighted by Crippen LogP contribution is -2.39. The number of nitrogens with one attached hydrogen (secondary N) is 1. The van der Waals surface area contributed by atoms with Gasteiger partial charge in [-0.1, -0.05) is 103 Å². The van der Waals surface area contributed by atoms with Crippen LogP contribution in [0.4, 0.5) is 0 Å². The summed E-state index contributed by atoms with van der Waals surface area (Å²) in [6.45, 7) is 0. The Kier molecular flexibility index (Phi) is 4.93. The Hall–Kier alpha value is -5.61. The van der Waals surface area contributed by atoms with E-state index in [0.29, 0.717) is 0 Å². The van der Waals surface area contributed by atoms with Crippen LogP contribution in [0.15, 0.2) is 155 Å². The molecule has 7 aromatic rings. The zero-order valence-corrected chi connectivity index (χ0v) is 22.7. The Morgan fingerprint density at radius 1 is 0.667 bits per heavy atom. The highest BCUT2D eigenvalue weighted by Crippen LogP contribution is 2.37. The van der Waals surface area contributed by atoms with E-state index in [1.54, 1.807) is 0 Å². The molecule has 198 valence electrons. The van der Waals surface area contributed by atoms with E-state index in [4.69, 9.17) is 9.41 Å². The summed E-state index contributed by atoms with van der Waals surface area (Å²) >= 11 is 0. The summed E-state index contributed by atoms with van der Waals surface area (Å²) in [5, 5.41) is 8.33. The summed E-state index contributed by atoms with van der Waals surface area (Å²) in [6, 6.07) is 40.4. The molecule has 1 atom stereocenters. The molecule has 0 bridgehead atoms. The minimum absolute atomic E-state index is 0.0491. The SMILES string of the molecule is C1=CC2=C(c3ccccc3)N=C(c3cccc4oc5cc(-n6c7ccccc7c7ccccc76)ccc5c34)NC2C=C1. The third-order valence-corrected chi connectivity index (χ3v) is 8.44. The second-order valence-corrected chi connectivity index (χ2v) is 10.8. The molecular weight excluding hydrogens is 514 g/mol. The molecule has 2 aliphatic rings. The molecule has 42 heavy (non-hydrogen) atoms. The summed E-state index contributed by atoms with van der Waals surface area (Å²) < 4.78 is 8.86. The van der Waals surface area contributed by atoms with E-state index in [0.717, 1.165) is 50.3 Å². The summed E-state index contributed by atoms with van der Waals surface area (Å²) in [4.78, 5) is 5.22. The van der Waals surface area contributed by atoms with Crippen LogP contribution < -0.4 is 5.32 Å². The van der Waals surface area contributed by atoms with Crippen LogP contribution in [-0.4, -0.2) is 16.4 Å². The van der Waals surface area contributed by atoms with Crippen molar-refractivity contribution in [2.24, 2.45) is 4.99 Å². The van der Waals surface area contributed by atoms with Crippen LogP contribution in [0.5, 0.6) is 0 Å². The van der Waals surface area contributed by atoms with Gasteiger partial charge in [-0.25, -0.2) is 4.99 Å². The minimum Gasteiger partial charge on any atom is -0.456 e. The highest BCUT2D eigenvalue weighted by Gasteiger charge is 2.26. The lowest BCUT2D eigenvalue weighted by molar-refractivity contribution is 0.668. The quantitative estimate of drug-likeness (QED) is 0.244. The molecular formula is C38H25N3O. The van der Waals surface area contributed by atoms with Gasteiger partial charge in [-0.05, 0) is 30.3 Å². The normalized spacial score (nSPS) is 16.4. The highest BCUT2D eigenvalue weighted by molar-refractivity contribution is 6.19. The van der Waals surface area contributed by atoms with E-state index in [1.165, 1.54) is 27.4 Å². The van der Waals surface area contributed by atoms with Gasteiger partial charge in [0, 0.05) is 50.0 Å². The number of amidine groups is 1. The molecule has 2 aromatic heterocycles. The number of nitrogens with zero attached hydrogens (tertiary/aromatic N) is 2. The highest BCUT2D eigenvalue weighted by atomic mass is 16.3. The zero-order chi connectivity index (χ0) is 27.6. The Bertz CT molecular complexity index is 2280. The molecule has 4 heteroatoms. The number of allylic oxidation sites excluding steroid dienone is 2. The van der Waals surface area contributed by atoms with Crippen molar-refractivity contribution in [3.8, 4) is 5.69 Å². The van der Waals surface area contributed by atoms with E-state index in [1.807, 2.05) is 12.1 Å². The average Bonchev–Trinajstić information content (AvgIpc) is 3.60. The van der Waals surface area contributed by atoms with Gasteiger partial charge in [0.05, 0.1) is 22.8 Å². The smallest absolute Gasteiger partial charge is 0.137 e. The van der Waals surface area contributed by atoms with Gasteiger partial charge in [-0.3, -0.25) is 0 Å². The number of furan rings is 1. The van der Waals surface area contributed by atoms with Crippen LogP contribution >= 0.6 is 0 Å². The lowest BCUT2D eigenvalue weighted by atomic mass is 9.93. The van der Waals surface area contributed by atoms with Crippen LogP contribution in [0.1, 0.15) is 11.1 Å². The van der Waals surface area contributed by atoms with Crippen molar-refractivity contribution >= 4 is 55.3 Å². The van der Waals surface area contributed by atoms with Gasteiger partial charge < -0.3 is 14.3 Å². The minimum atomic E-state index is 0.0491. The van der Waals surface area contributed by atoms with Crippen LogP contribution in [-0.2, 0) is 0 Å². The fourth-order valence-electron chi connectivity index (χ4n) is 6.57. The van der Waals surface area contributed by atoms with Gasteiger partial charge in [-0.2, -0.15) is 0 Å². The molecule has 0 amide bonds. The second kappa shape index (κ2) is 8.95. The summed E-state index contributed by atoms with van der Waals surface area (Å²) in [7, 11) is 0. The van der Waals surface area contributed by atoms with Crippen molar-refractivity contribution in [2.75, 3.05) is 0 Å². The molecule has 0 radical (unpaired) electrons. The standard InChI is InChI=1S/C38H25N3O/c1-2-11-24(12-3-1)37-28-15-4-7-17-31(28)39-38(40-37)30-16-10-20-34-36(30)29-22-21-25(23-35(29)42-34)41-32-18-8-5-13-26(32)27-14-6-9-19-33(27)41/h1-23,31H,(H,39,40). The molecule has 3 heterocycles. The van der Waals surface area contributed by atoms with Crippen molar-refractivity contribution < 1.29 is 4.42 Å². The van der Waals surface area contributed by atoms with E-state index in [2.05, 4.69) is 137 Å². The van der Waals surface area contributed by atoms with Gasteiger partial charge in [0.1, 0.15) is 17.0 Å². The third-order valence-electron chi connectivity index (χ3n) is 8.44. The number of hydrogen-bond acceptors (Lipinski definition) is 3. The topological polar surface area (TPSA) is 42.5 Å². The third kappa shape index (κ3) is 3.39. The average molecular weight is 540 g/mol. The first-order chi connectivity index (χ1) is 20.8. The zero-order valence-electron chi connectivity index (χ0n) is 22.7. The van der Waals surface area contributed by atoms with Crippen molar-refractivity contribution in [1.82, 2.24) is 9.88 Å². The molecule has 0 saturated carbocycles. The van der Waals surface area contributed by atoms with Gasteiger partial charge in [0.2, 0.25) is 0 Å². The predicted octanol–water partition coefficient (Wildman–Crippen LogP) is 8.94. The molecule has 0 saturated heterocycles. The number of para-hydroxylation sites is 2. The summed E-state index contributed by atoms with van der Waals surface area (Å²) in [5.41, 5.74) is 9.45. The Morgan fingerprint density at radius 3 is 2.24 bits per heavy atom. The number of benzene rings is 5. The fraction of sp³-hybridized carbons (Fsp3) is 0.0263. The van der Waals surface area contributed by atoms with Gasteiger partial charge >= 0.3 is 0 Å². The molecule has 5 aromatic carbocycles. The van der Waals surface area contributed by atoms with E-state index in [-0.39, 0.29) is 6.04 Å². The second-order valence-electron chi connectivity index (χ2n) is 10.8. The monoisotopic (exact) mass is 539 g/mol. The van der Waals surface area contributed by atoms with E-state index in [9.17, 15) is 0 Å². The van der Waals surface area contributed by atoms with E-state index >= 15 is 0 Å². The van der Waals surface area contributed by atoms with Crippen molar-refractivity contribution in [1.29, 1.82) is 0 Å². The summed E-state index contributed by atoms with van der Waals surface area (Å²) in [5.74, 6) is 0.849. The fourth-order valence-corrected chi connectivity index (χ4v) is 6.57. The molecule has 0 spiro atoms. The molecule has 1 N–H and O–H groups in total. The van der Waals surface area contributed by atoms with Crippen LogP contribution in [0.2, 0.25) is 0 Å². The number of aliphatic imine (C=N–C) groups is 1. The molecule has 1 aliphatic carbocycles. The predicted molar refractivity (Wildman–Crippen MR) is 173 cm³/mol. The molecule has 1 unspecified atom stereocenters. The molecule has 0 fully saturated rings. The number of hydrogen-bond donors (Lipinski definition) is 1. The van der Waals surface area contributed by atoms with Crippen LogP contribution in [0, 0.1) is 0 Å². The maximum Gasteiger partial charge on any atom is 0.137 e. The Labute approximate surface area is 242 Å². The van der Waals surface area contributed by atoms with Crippen LogP contribution in [0.3, 0.4) is 0 Å². The van der Waals surface area contributed by atoms with Crippen molar-refractivity contribution in [2.45, 2.75) is 6.04 Å². The molecule has 9 rings (SSSR count). The number of rotatable bonds is 3. The Morgan fingerprint density at radius 2 is 1.43 bits per heavy atom. The molecule has 1 aliphatic heterocycles. The summed E-state index contributed by atoms with van der Waals surface area (Å²) in [6.07, 6.45) is 8.52. The van der Waals surface area contributed by atoms with Crippen molar-refractivity contribution in [3.05, 3.63) is 156 Å². The maximum atomic E-state index is 6.53. The van der Waals surface area contributed by atoms with E-state index < -0.39 is 0 Å². The van der Waals surface area contributed by atoms with Gasteiger partial charge in [-0.15, -0.1) is 0 Å². The van der Waals surface area contributed by atoms with Crippen LogP contribution in [0.25, 0.3) is 55.1 Å². The first-order valence-electron chi connectivity index (χ1n) is 14.3. The van der Waals surface area contributed by atoms with Gasteiger partial charge in [0.15, 0.2) is 0 Å². The Balaban J connectivity index is 1.24. The lowest BCUT2D eigenvalue weighted by Gasteiger charge is -2.28. The van der Waals surface area contributed by atoms with Gasteiger partial charge in [0.25, 0.3) is 0 Å². The molecule has 4 nitrogen and oxygen atoms in total. The van der Waals surface area contributed by atoms with Crippen molar-refractivity contribution in [3.63, 3.8) is 0 Å².